The van der Waals surface area contributed by atoms with E-state index >= 15 is 0 Å². The Kier molecular flexibility index (Phi) is 2.71. The normalized spacial score (nSPS) is 15.6. The molecule has 0 unspecified atom stereocenters. The van der Waals surface area contributed by atoms with E-state index in [1.807, 2.05) is 4.57 Å². The van der Waals surface area contributed by atoms with Crippen molar-refractivity contribution in [3.8, 4) is 5.75 Å². The fraction of sp³-hybridized carbons (Fsp3) is 0.333. The van der Waals surface area contributed by atoms with Gasteiger partial charge in [-0.1, -0.05) is 0 Å². The zero-order valence-corrected chi connectivity index (χ0v) is 9.75. The number of hydrogen-bond donors (Lipinski definition) is 1. The van der Waals surface area contributed by atoms with E-state index in [-0.39, 0.29) is 5.75 Å². The predicted molar refractivity (Wildman–Crippen MR) is 62.2 cm³/mol. The molecule has 0 bridgehead atoms. The molecule has 6 heteroatoms. The van der Waals surface area contributed by atoms with Crippen LogP contribution < -0.4 is 0 Å². The van der Waals surface area contributed by atoms with Crippen molar-refractivity contribution in [3.63, 3.8) is 0 Å². The van der Waals surface area contributed by atoms with E-state index in [4.69, 9.17) is 0 Å². The van der Waals surface area contributed by atoms with Crippen molar-refractivity contribution >= 4 is 0 Å². The van der Waals surface area contributed by atoms with Gasteiger partial charge in [-0.25, -0.2) is 4.39 Å². The fourth-order valence-electron chi connectivity index (χ4n) is 2.23. The molecule has 2 heterocycles. The second-order valence-electron chi connectivity index (χ2n) is 4.47. The van der Waals surface area contributed by atoms with E-state index in [1.165, 1.54) is 6.07 Å². The first kappa shape index (κ1) is 11.2. The molecule has 1 aliphatic heterocycles. The molecule has 0 amide bonds. The first-order chi connectivity index (χ1) is 8.70. The largest absolute Gasteiger partial charge is 0.508 e. The summed E-state index contributed by atoms with van der Waals surface area (Å²) in [6.45, 7) is 2.99. The summed E-state index contributed by atoms with van der Waals surface area (Å²) in [6.07, 6.45) is 1.72. The Labute approximate surface area is 103 Å². The smallest absolute Gasteiger partial charge is 0.147 e. The molecule has 0 saturated carbocycles. The van der Waals surface area contributed by atoms with Crippen molar-refractivity contribution in [3.05, 3.63) is 41.7 Å². The lowest BCUT2D eigenvalue weighted by atomic mass is 10.2. The van der Waals surface area contributed by atoms with Crippen LogP contribution in [0.2, 0.25) is 0 Å². The number of rotatable bonds is 2. The average molecular weight is 248 g/mol. The van der Waals surface area contributed by atoms with Gasteiger partial charge in [-0.15, -0.1) is 10.2 Å². The molecule has 0 fully saturated rings. The molecule has 1 aromatic heterocycles. The summed E-state index contributed by atoms with van der Waals surface area (Å²) in [6, 6.07) is 4.14. The second-order valence-corrected chi connectivity index (χ2v) is 4.47. The molecular weight excluding hydrogens is 235 g/mol. The van der Waals surface area contributed by atoms with Gasteiger partial charge >= 0.3 is 0 Å². The SMILES string of the molecule is Oc1cc(F)cc(CN2CCn3cnnc3C2)c1. The third-order valence-corrected chi connectivity index (χ3v) is 3.07. The fourth-order valence-corrected chi connectivity index (χ4v) is 2.23. The Morgan fingerprint density at radius 2 is 2.17 bits per heavy atom. The van der Waals surface area contributed by atoms with Gasteiger partial charge in [0.2, 0.25) is 0 Å². The minimum atomic E-state index is -0.412. The highest BCUT2D eigenvalue weighted by Crippen LogP contribution is 2.18. The molecule has 0 aliphatic carbocycles. The van der Waals surface area contributed by atoms with Gasteiger partial charge in [-0.3, -0.25) is 4.90 Å². The van der Waals surface area contributed by atoms with E-state index in [0.717, 1.165) is 30.5 Å². The maximum absolute atomic E-state index is 13.2. The van der Waals surface area contributed by atoms with E-state index in [1.54, 1.807) is 12.4 Å². The van der Waals surface area contributed by atoms with Crippen LogP contribution in [0, 0.1) is 5.82 Å². The van der Waals surface area contributed by atoms with Crippen LogP contribution in [0.3, 0.4) is 0 Å². The summed E-state index contributed by atoms with van der Waals surface area (Å²) >= 11 is 0. The quantitative estimate of drug-likeness (QED) is 0.866. The van der Waals surface area contributed by atoms with Crippen LogP contribution in [-0.4, -0.2) is 31.3 Å². The highest BCUT2D eigenvalue weighted by molar-refractivity contribution is 5.28. The number of phenols is 1. The molecule has 0 atom stereocenters. The zero-order chi connectivity index (χ0) is 12.5. The number of fused-ring (bicyclic) bond motifs is 1. The number of nitrogens with zero attached hydrogens (tertiary/aromatic N) is 4. The van der Waals surface area contributed by atoms with E-state index in [0.29, 0.717) is 13.1 Å². The van der Waals surface area contributed by atoms with Crippen molar-refractivity contribution in [1.82, 2.24) is 19.7 Å². The molecule has 1 N–H and O–H groups in total. The summed E-state index contributed by atoms with van der Waals surface area (Å²) in [5, 5.41) is 17.3. The molecule has 3 rings (SSSR count). The minimum absolute atomic E-state index is 0.0369. The van der Waals surface area contributed by atoms with Crippen LogP contribution in [0.15, 0.2) is 24.5 Å². The number of aromatic hydroxyl groups is 1. The molecular formula is C12H13FN4O. The van der Waals surface area contributed by atoms with E-state index in [9.17, 15) is 9.50 Å². The van der Waals surface area contributed by atoms with Gasteiger partial charge in [-0.2, -0.15) is 0 Å². The van der Waals surface area contributed by atoms with Crippen molar-refractivity contribution in [2.75, 3.05) is 6.54 Å². The summed E-state index contributed by atoms with van der Waals surface area (Å²) in [5.74, 6) is 0.470. The maximum atomic E-state index is 13.2. The molecule has 2 aromatic rings. The Balaban J connectivity index is 1.74. The van der Waals surface area contributed by atoms with Gasteiger partial charge in [-0.05, 0) is 17.7 Å². The molecule has 0 saturated heterocycles. The number of halogens is 1. The van der Waals surface area contributed by atoms with Gasteiger partial charge < -0.3 is 9.67 Å². The first-order valence-electron chi connectivity index (χ1n) is 5.78. The van der Waals surface area contributed by atoms with Crippen molar-refractivity contribution in [2.24, 2.45) is 0 Å². The third-order valence-electron chi connectivity index (χ3n) is 3.07. The van der Waals surface area contributed by atoms with E-state index in [2.05, 4.69) is 15.1 Å². The molecule has 0 spiro atoms. The van der Waals surface area contributed by atoms with Crippen LogP contribution in [-0.2, 0) is 19.6 Å². The van der Waals surface area contributed by atoms with E-state index < -0.39 is 5.82 Å². The van der Waals surface area contributed by atoms with Gasteiger partial charge in [0, 0.05) is 25.7 Å². The van der Waals surface area contributed by atoms with Crippen LogP contribution in [0.25, 0.3) is 0 Å². The van der Waals surface area contributed by atoms with Crippen LogP contribution in [0.4, 0.5) is 4.39 Å². The number of aromatic nitrogens is 3. The van der Waals surface area contributed by atoms with Gasteiger partial charge in [0.1, 0.15) is 23.7 Å². The molecule has 5 nitrogen and oxygen atoms in total. The highest BCUT2D eigenvalue weighted by Gasteiger charge is 2.17. The third kappa shape index (κ3) is 2.19. The maximum Gasteiger partial charge on any atom is 0.147 e. The highest BCUT2D eigenvalue weighted by atomic mass is 19.1. The predicted octanol–water partition coefficient (Wildman–Crippen LogP) is 1.14. The van der Waals surface area contributed by atoms with Gasteiger partial charge in [0.15, 0.2) is 0 Å². The van der Waals surface area contributed by atoms with Crippen LogP contribution in [0.1, 0.15) is 11.4 Å². The van der Waals surface area contributed by atoms with Crippen molar-refractivity contribution < 1.29 is 9.50 Å². The molecule has 94 valence electrons. The summed E-state index contributed by atoms with van der Waals surface area (Å²) in [7, 11) is 0. The standard InChI is InChI=1S/C12H13FN4O/c13-10-3-9(4-11(18)5-10)6-16-1-2-17-8-14-15-12(17)7-16/h3-5,8,18H,1-2,6-7H2. The first-order valence-corrected chi connectivity index (χ1v) is 5.78. The molecule has 1 aromatic carbocycles. The lowest BCUT2D eigenvalue weighted by Gasteiger charge is -2.26. The average Bonchev–Trinajstić information content (AvgIpc) is 2.74. The lowest BCUT2D eigenvalue weighted by molar-refractivity contribution is 0.208. The lowest BCUT2D eigenvalue weighted by Crippen LogP contribution is -2.33. The van der Waals surface area contributed by atoms with Crippen molar-refractivity contribution in [2.45, 2.75) is 19.6 Å². The summed E-state index contributed by atoms with van der Waals surface area (Å²) < 4.78 is 15.2. The Bertz CT molecular complexity index is 549. The van der Waals surface area contributed by atoms with Gasteiger partial charge in [0.05, 0.1) is 6.54 Å². The topological polar surface area (TPSA) is 54.2 Å². The van der Waals surface area contributed by atoms with Crippen LogP contribution >= 0.6 is 0 Å². The van der Waals surface area contributed by atoms with Gasteiger partial charge in [0.25, 0.3) is 0 Å². The minimum Gasteiger partial charge on any atom is -0.508 e. The Morgan fingerprint density at radius 3 is 3.00 bits per heavy atom. The number of hydrogen-bond acceptors (Lipinski definition) is 4. The molecule has 1 aliphatic rings. The summed E-state index contributed by atoms with van der Waals surface area (Å²) in [5.41, 5.74) is 0.764. The summed E-state index contributed by atoms with van der Waals surface area (Å²) in [4.78, 5) is 2.15. The second kappa shape index (κ2) is 4.38. The zero-order valence-electron chi connectivity index (χ0n) is 9.75. The number of phenolic OH excluding ortho intramolecular Hbond substituents is 1. The van der Waals surface area contributed by atoms with Crippen molar-refractivity contribution in [1.29, 1.82) is 0 Å². The molecule has 18 heavy (non-hydrogen) atoms. The Hall–Kier alpha value is -1.95. The van der Waals surface area contributed by atoms with Crippen LogP contribution in [0.5, 0.6) is 5.75 Å². The number of benzene rings is 1. The molecule has 0 radical (unpaired) electrons. The Morgan fingerprint density at radius 1 is 1.28 bits per heavy atom. The monoisotopic (exact) mass is 248 g/mol.